The first-order chi connectivity index (χ1) is 11.6. The first-order valence-corrected chi connectivity index (χ1v) is 7.92. The quantitative estimate of drug-likeness (QED) is 0.434. The number of nitrogens with zero attached hydrogens (tertiary/aromatic N) is 3. The normalized spacial score (nSPS) is 11.8. The van der Waals surface area contributed by atoms with E-state index < -0.39 is 0 Å². The zero-order chi connectivity index (χ0) is 17.4. The molecule has 3 N–H and O–H groups in total. The fourth-order valence-electron chi connectivity index (χ4n) is 1.75. The van der Waals surface area contributed by atoms with Crippen molar-refractivity contribution in [3.05, 3.63) is 59.2 Å². The van der Waals surface area contributed by atoms with Crippen LogP contribution in [0.4, 0.5) is 5.82 Å². The smallest absolute Gasteiger partial charge is 0.186 e. The summed E-state index contributed by atoms with van der Waals surface area (Å²) in [7, 11) is 1.72. The van der Waals surface area contributed by atoms with Gasteiger partial charge in [0.05, 0.1) is 10.7 Å². The van der Waals surface area contributed by atoms with E-state index in [-0.39, 0.29) is 0 Å². The van der Waals surface area contributed by atoms with Crippen LogP contribution in [0.15, 0.2) is 58.9 Å². The first-order valence-electron chi connectivity index (χ1n) is 7.13. The maximum absolute atomic E-state index is 5.83. The lowest BCUT2D eigenvalue weighted by atomic mass is 10.1. The molecule has 8 heteroatoms. The molecule has 2 aromatic rings. The summed E-state index contributed by atoms with van der Waals surface area (Å²) in [6.45, 7) is 1.84. The molecule has 0 radical (unpaired) electrons. The van der Waals surface area contributed by atoms with Gasteiger partial charge in [-0.3, -0.25) is 10.9 Å². The third kappa shape index (κ3) is 5.29. The number of thiocarbonyl (C=S) groups is 1. The van der Waals surface area contributed by atoms with Crippen molar-refractivity contribution in [3.63, 3.8) is 0 Å². The second kappa shape index (κ2) is 8.95. The number of benzene rings is 1. The first kappa shape index (κ1) is 17.8. The average molecular weight is 361 g/mol. The summed E-state index contributed by atoms with van der Waals surface area (Å²) in [5.41, 5.74) is 7.92. The fourth-order valence-corrected chi connectivity index (χ4v) is 1.91. The molecule has 24 heavy (non-hydrogen) atoms. The number of halogens is 1. The maximum atomic E-state index is 5.83. The molecule has 2 rings (SSSR count). The standard InChI is InChI=1S/C16H17ClN6S/c1-11(20-23-16(24)18-2)15(12-6-4-3-5-7-12)22-21-14-9-8-13(17)10-19-14/h3-10H,1-2H3,(H,19,21)(H2,18,23,24). The number of hydrazone groups is 2. The highest BCUT2D eigenvalue weighted by atomic mass is 35.5. The highest BCUT2D eigenvalue weighted by Gasteiger charge is 2.08. The van der Waals surface area contributed by atoms with Gasteiger partial charge in [-0.1, -0.05) is 41.9 Å². The van der Waals surface area contributed by atoms with Crippen molar-refractivity contribution in [2.45, 2.75) is 6.92 Å². The van der Waals surface area contributed by atoms with Crippen LogP contribution >= 0.6 is 23.8 Å². The van der Waals surface area contributed by atoms with Gasteiger partial charge in [-0.2, -0.15) is 10.2 Å². The van der Waals surface area contributed by atoms with Gasteiger partial charge in [0.2, 0.25) is 0 Å². The molecule has 1 aromatic carbocycles. The summed E-state index contributed by atoms with van der Waals surface area (Å²) >= 11 is 10.9. The van der Waals surface area contributed by atoms with Crippen molar-refractivity contribution in [2.24, 2.45) is 10.2 Å². The lowest BCUT2D eigenvalue weighted by Crippen LogP contribution is -2.30. The Balaban J connectivity index is 2.27. The van der Waals surface area contributed by atoms with Crippen LogP contribution in [0.5, 0.6) is 0 Å². The molecule has 6 nitrogen and oxygen atoms in total. The van der Waals surface area contributed by atoms with Crippen LogP contribution in [0.3, 0.4) is 0 Å². The topological polar surface area (TPSA) is 73.7 Å². The number of aromatic nitrogens is 1. The van der Waals surface area contributed by atoms with Crippen LogP contribution in [0, 0.1) is 0 Å². The van der Waals surface area contributed by atoms with Crippen LogP contribution in [0.2, 0.25) is 5.02 Å². The Bertz CT molecular complexity index is 743. The number of hydrogen-bond acceptors (Lipinski definition) is 5. The Morgan fingerprint density at radius 1 is 1.12 bits per heavy atom. The fraction of sp³-hybridized carbons (Fsp3) is 0.125. The summed E-state index contributed by atoms with van der Waals surface area (Å²) < 4.78 is 0. The van der Waals surface area contributed by atoms with Gasteiger partial charge in [0.25, 0.3) is 0 Å². The third-order valence-corrected chi connectivity index (χ3v) is 3.47. The monoisotopic (exact) mass is 360 g/mol. The lowest BCUT2D eigenvalue weighted by Gasteiger charge is -2.09. The highest BCUT2D eigenvalue weighted by molar-refractivity contribution is 7.80. The molecule has 0 atom stereocenters. The average Bonchev–Trinajstić information content (AvgIpc) is 2.62. The summed E-state index contributed by atoms with van der Waals surface area (Å²) in [5.74, 6) is 0.583. The largest absolute Gasteiger partial charge is 0.364 e. The van der Waals surface area contributed by atoms with E-state index >= 15 is 0 Å². The van der Waals surface area contributed by atoms with Gasteiger partial charge in [-0.05, 0) is 31.3 Å². The Morgan fingerprint density at radius 2 is 1.88 bits per heavy atom. The molecule has 1 heterocycles. The molecule has 0 bridgehead atoms. The molecule has 0 aliphatic rings. The molecular weight excluding hydrogens is 344 g/mol. The molecule has 0 spiro atoms. The summed E-state index contributed by atoms with van der Waals surface area (Å²) in [6, 6.07) is 13.2. The number of nitrogens with one attached hydrogen (secondary N) is 3. The number of pyridine rings is 1. The van der Waals surface area contributed by atoms with Crippen LogP contribution in [0.1, 0.15) is 12.5 Å². The van der Waals surface area contributed by atoms with Crippen LogP contribution < -0.4 is 16.2 Å². The van der Waals surface area contributed by atoms with E-state index in [1.807, 2.05) is 37.3 Å². The summed E-state index contributed by atoms with van der Waals surface area (Å²) in [5, 5.41) is 12.5. The Kier molecular flexibility index (Phi) is 6.65. The maximum Gasteiger partial charge on any atom is 0.186 e. The lowest BCUT2D eigenvalue weighted by molar-refractivity contribution is 0.976. The minimum absolute atomic E-state index is 0.425. The molecule has 0 amide bonds. The predicted molar refractivity (Wildman–Crippen MR) is 104 cm³/mol. The summed E-state index contributed by atoms with van der Waals surface area (Å²) in [4.78, 5) is 4.15. The van der Waals surface area contributed by atoms with E-state index in [1.54, 1.807) is 25.4 Å². The predicted octanol–water partition coefficient (Wildman–Crippen LogP) is 3.02. The molecule has 0 unspecified atom stereocenters. The highest BCUT2D eigenvalue weighted by Crippen LogP contribution is 2.10. The van der Waals surface area contributed by atoms with E-state index in [9.17, 15) is 0 Å². The van der Waals surface area contributed by atoms with Crippen molar-refractivity contribution >= 4 is 46.2 Å². The second-order valence-corrected chi connectivity index (χ2v) is 5.53. The summed E-state index contributed by atoms with van der Waals surface area (Å²) in [6.07, 6.45) is 1.55. The van der Waals surface area contributed by atoms with Crippen LogP contribution in [0.25, 0.3) is 0 Å². The van der Waals surface area contributed by atoms with Crippen molar-refractivity contribution in [1.82, 2.24) is 15.7 Å². The van der Waals surface area contributed by atoms with Crippen LogP contribution in [-0.4, -0.2) is 28.6 Å². The van der Waals surface area contributed by atoms with Crippen molar-refractivity contribution < 1.29 is 0 Å². The molecule has 124 valence electrons. The Hall–Kier alpha value is -2.51. The second-order valence-electron chi connectivity index (χ2n) is 4.69. The van der Waals surface area contributed by atoms with Gasteiger partial charge < -0.3 is 5.32 Å². The SMILES string of the molecule is CNC(=S)NN=C(C)C(=NNc1ccc(Cl)cn1)c1ccccc1. The van der Waals surface area contributed by atoms with E-state index in [4.69, 9.17) is 23.8 Å². The van der Waals surface area contributed by atoms with Gasteiger partial charge in [0.1, 0.15) is 11.5 Å². The van der Waals surface area contributed by atoms with E-state index in [2.05, 4.69) is 31.4 Å². The number of hydrogen-bond donors (Lipinski definition) is 3. The third-order valence-electron chi connectivity index (χ3n) is 2.95. The van der Waals surface area contributed by atoms with Crippen LogP contribution in [-0.2, 0) is 0 Å². The minimum Gasteiger partial charge on any atom is -0.364 e. The number of anilines is 1. The minimum atomic E-state index is 0.425. The zero-order valence-electron chi connectivity index (χ0n) is 13.2. The van der Waals surface area contributed by atoms with E-state index in [0.29, 0.717) is 27.4 Å². The Morgan fingerprint density at radius 3 is 2.50 bits per heavy atom. The van der Waals surface area contributed by atoms with Gasteiger partial charge >= 0.3 is 0 Å². The Labute approximate surface area is 151 Å². The van der Waals surface area contributed by atoms with Gasteiger partial charge in [0, 0.05) is 18.8 Å². The van der Waals surface area contributed by atoms with E-state index in [0.717, 1.165) is 5.56 Å². The molecular formula is C16H17ClN6S. The molecule has 0 fully saturated rings. The van der Waals surface area contributed by atoms with Crippen molar-refractivity contribution in [3.8, 4) is 0 Å². The molecule has 1 aromatic heterocycles. The molecule has 0 aliphatic carbocycles. The zero-order valence-corrected chi connectivity index (χ0v) is 14.8. The van der Waals surface area contributed by atoms with Crippen molar-refractivity contribution in [2.75, 3.05) is 12.5 Å². The van der Waals surface area contributed by atoms with Crippen molar-refractivity contribution in [1.29, 1.82) is 0 Å². The molecule has 0 saturated carbocycles. The number of rotatable bonds is 5. The van der Waals surface area contributed by atoms with Gasteiger partial charge in [0.15, 0.2) is 5.11 Å². The van der Waals surface area contributed by atoms with E-state index in [1.165, 1.54) is 0 Å². The molecule has 0 saturated heterocycles. The molecule has 0 aliphatic heterocycles. The van der Waals surface area contributed by atoms with Gasteiger partial charge in [-0.15, -0.1) is 0 Å². The van der Waals surface area contributed by atoms with Gasteiger partial charge in [-0.25, -0.2) is 4.98 Å².